The first-order valence-corrected chi connectivity index (χ1v) is 7.83. The number of benzene rings is 1. The molecule has 3 nitrogen and oxygen atoms in total. The SMILES string of the molecule is CC(C)C1CCCC(Nc2cc(C(N)=O)ccc2F)CC1. The van der Waals surface area contributed by atoms with Gasteiger partial charge in [-0.3, -0.25) is 4.79 Å². The number of nitrogens with two attached hydrogens (primary N) is 1. The van der Waals surface area contributed by atoms with Gasteiger partial charge >= 0.3 is 0 Å². The molecule has 21 heavy (non-hydrogen) atoms. The van der Waals surface area contributed by atoms with Crippen LogP contribution in [0.15, 0.2) is 18.2 Å². The number of primary amides is 1. The molecule has 0 spiro atoms. The highest BCUT2D eigenvalue weighted by Crippen LogP contribution is 2.30. The van der Waals surface area contributed by atoms with Crippen molar-refractivity contribution in [1.29, 1.82) is 0 Å². The molecule has 2 rings (SSSR count). The predicted octanol–water partition coefficient (Wildman–Crippen LogP) is 3.94. The normalized spacial score (nSPS) is 22.9. The van der Waals surface area contributed by atoms with Crippen molar-refractivity contribution in [2.24, 2.45) is 17.6 Å². The van der Waals surface area contributed by atoms with Crippen molar-refractivity contribution in [3.8, 4) is 0 Å². The van der Waals surface area contributed by atoms with Crippen molar-refractivity contribution in [2.75, 3.05) is 5.32 Å². The Balaban J connectivity index is 2.04. The van der Waals surface area contributed by atoms with Gasteiger partial charge in [0.25, 0.3) is 0 Å². The topological polar surface area (TPSA) is 55.1 Å². The quantitative estimate of drug-likeness (QED) is 0.826. The standard InChI is InChI=1S/C17H25FN2O/c1-11(2)12-4-3-5-14(8-6-12)20-16-10-13(17(19)21)7-9-15(16)18/h7,9-12,14,20H,3-6,8H2,1-2H3,(H2,19,21). The number of hydrogen-bond donors (Lipinski definition) is 2. The number of carbonyl (C=O) groups is 1. The summed E-state index contributed by atoms with van der Waals surface area (Å²) in [5.74, 6) is 0.612. The molecule has 1 aliphatic carbocycles. The van der Waals surface area contributed by atoms with Gasteiger partial charge in [0.2, 0.25) is 5.91 Å². The summed E-state index contributed by atoms with van der Waals surface area (Å²) in [5, 5.41) is 3.26. The van der Waals surface area contributed by atoms with Gasteiger partial charge in [0.1, 0.15) is 5.82 Å². The zero-order chi connectivity index (χ0) is 15.4. The molecule has 0 aromatic heterocycles. The second-order valence-electron chi connectivity index (χ2n) is 6.41. The Bertz CT molecular complexity index is 502. The molecule has 0 aliphatic heterocycles. The van der Waals surface area contributed by atoms with Gasteiger partial charge in [-0.1, -0.05) is 26.7 Å². The number of rotatable bonds is 4. The maximum atomic E-state index is 13.9. The van der Waals surface area contributed by atoms with Gasteiger partial charge in [-0.15, -0.1) is 0 Å². The van der Waals surface area contributed by atoms with E-state index < -0.39 is 5.91 Å². The Hall–Kier alpha value is -1.58. The van der Waals surface area contributed by atoms with Gasteiger partial charge in [-0.25, -0.2) is 4.39 Å². The molecule has 1 aliphatic rings. The van der Waals surface area contributed by atoms with E-state index in [0.717, 1.165) is 25.2 Å². The van der Waals surface area contributed by atoms with Crippen molar-refractivity contribution in [1.82, 2.24) is 0 Å². The summed E-state index contributed by atoms with van der Waals surface area (Å²) in [6.07, 6.45) is 5.68. The molecule has 2 unspecified atom stereocenters. The third kappa shape index (κ3) is 4.19. The lowest BCUT2D eigenvalue weighted by Gasteiger charge is -2.20. The van der Waals surface area contributed by atoms with Crippen molar-refractivity contribution < 1.29 is 9.18 Å². The Morgan fingerprint density at radius 1 is 1.29 bits per heavy atom. The van der Waals surface area contributed by atoms with Crippen LogP contribution in [0.3, 0.4) is 0 Å². The molecule has 0 bridgehead atoms. The third-order valence-corrected chi connectivity index (χ3v) is 4.57. The van der Waals surface area contributed by atoms with Crippen molar-refractivity contribution in [2.45, 2.75) is 52.0 Å². The first kappa shape index (κ1) is 15.8. The highest BCUT2D eigenvalue weighted by Gasteiger charge is 2.21. The van der Waals surface area contributed by atoms with Gasteiger partial charge in [-0.2, -0.15) is 0 Å². The number of halogens is 1. The average molecular weight is 292 g/mol. The van der Waals surface area contributed by atoms with E-state index in [9.17, 15) is 9.18 Å². The Morgan fingerprint density at radius 3 is 2.71 bits per heavy atom. The fourth-order valence-electron chi connectivity index (χ4n) is 3.15. The molecule has 1 fully saturated rings. The molecule has 1 aromatic carbocycles. The fourth-order valence-corrected chi connectivity index (χ4v) is 3.15. The van der Waals surface area contributed by atoms with Crippen LogP contribution in [0.2, 0.25) is 0 Å². The molecule has 1 aromatic rings. The zero-order valence-corrected chi connectivity index (χ0v) is 12.9. The van der Waals surface area contributed by atoms with Crippen LogP contribution in [-0.2, 0) is 0 Å². The highest BCUT2D eigenvalue weighted by molar-refractivity contribution is 5.93. The lowest BCUT2D eigenvalue weighted by atomic mass is 9.89. The summed E-state index contributed by atoms with van der Waals surface area (Å²) in [6.45, 7) is 4.54. The molecule has 0 heterocycles. The Labute approximate surface area is 126 Å². The highest BCUT2D eigenvalue weighted by atomic mass is 19.1. The van der Waals surface area contributed by atoms with E-state index in [1.165, 1.54) is 31.0 Å². The molecule has 3 N–H and O–H groups in total. The number of anilines is 1. The van der Waals surface area contributed by atoms with E-state index in [-0.39, 0.29) is 11.9 Å². The number of carbonyl (C=O) groups excluding carboxylic acids is 1. The summed E-state index contributed by atoms with van der Waals surface area (Å²) in [5.41, 5.74) is 5.98. The molecular formula is C17H25FN2O. The predicted molar refractivity (Wildman–Crippen MR) is 83.7 cm³/mol. The van der Waals surface area contributed by atoms with Gasteiger partial charge in [0.05, 0.1) is 5.69 Å². The lowest BCUT2D eigenvalue weighted by molar-refractivity contribution is 0.100. The second kappa shape index (κ2) is 6.92. The van der Waals surface area contributed by atoms with E-state index in [1.807, 2.05) is 0 Å². The second-order valence-corrected chi connectivity index (χ2v) is 6.41. The van der Waals surface area contributed by atoms with E-state index in [0.29, 0.717) is 17.2 Å². The molecular weight excluding hydrogens is 267 g/mol. The molecule has 116 valence electrons. The Kier molecular flexibility index (Phi) is 5.21. The van der Waals surface area contributed by atoms with Crippen LogP contribution in [0.5, 0.6) is 0 Å². The van der Waals surface area contributed by atoms with Crippen LogP contribution in [0.4, 0.5) is 10.1 Å². The van der Waals surface area contributed by atoms with Gasteiger partial charge in [0.15, 0.2) is 0 Å². The van der Waals surface area contributed by atoms with Crippen LogP contribution >= 0.6 is 0 Å². The lowest BCUT2D eigenvalue weighted by Crippen LogP contribution is -2.20. The van der Waals surface area contributed by atoms with Crippen LogP contribution in [0.25, 0.3) is 0 Å². The zero-order valence-electron chi connectivity index (χ0n) is 12.9. The van der Waals surface area contributed by atoms with Crippen LogP contribution < -0.4 is 11.1 Å². The van der Waals surface area contributed by atoms with Gasteiger partial charge in [0, 0.05) is 11.6 Å². The van der Waals surface area contributed by atoms with E-state index in [1.54, 1.807) is 0 Å². The molecule has 4 heteroatoms. The maximum Gasteiger partial charge on any atom is 0.248 e. The van der Waals surface area contributed by atoms with Gasteiger partial charge in [-0.05, 0) is 49.3 Å². The largest absolute Gasteiger partial charge is 0.380 e. The number of amides is 1. The van der Waals surface area contributed by atoms with Crippen molar-refractivity contribution in [3.05, 3.63) is 29.6 Å². The van der Waals surface area contributed by atoms with Crippen LogP contribution in [0, 0.1) is 17.7 Å². The number of hydrogen-bond acceptors (Lipinski definition) is 2. The number of nitrogens with one attached hydrogen (secondary N) is 1. The first-order chi connectivity index (χ1) is 9.97. The maximum absolute atomic E-state index is 13.9. The van der Waals surface area contributed by atoms with Crippen molar-refractivity contribution in [3.63, 3.8) is 0 Å². The van der Waals surface area contributed by atoms with Crippen molar-refractivity contribution >= 4 is 11.6 Å². The minimum Gasteiger partial charge on any atom is -0.380 e. The molecule has 0 saturated heterocycles. The molecule has 1 amide bonds. The van der Waals surface area contributed by atoms with E-state index >= 15 is 0 Å². The molecule has 1 saturated carbocycles. The smallest absolute Gasteiger partial charge is 0.248 e. The summed E-state index contributed by atoms with van der Waals surface area (Å²) in [6, 6.07) is 4.51. The monoisotopic (exact) mass is 292 g/mol. The fraction of sp³-hybridized carbons (Fsp3) is 0.588. The summed E-state index contributed by atoms with van der Waals surface area (Å²) < 4.78 is 13.9. The molecule has 0 radical (unpaired) electrons. The minimum absolute atomic E-state index is 0.270. The van der Waals surface area contributed by atoms with E-state index in [2.05, 4.69) is 19.2 Å². The summed E-state index contributed by atoms with van der Waals surface area (Å²) in [7, 11) is 0. The van der Waals surface area contributed by atoms with Crippen LogP contribution in [0.1, 0.15) is 56.3 Å². The first-order valence-electron chi connectivity index (χ1n) is 7.83. The molecule has 2 atom stereocenters. The van der Waals surface area contributed by atoms with E-state index in [4.69, 9.17) is 5.73 Å². The third-order valence-electron chi connectivity index (χ3n) is 4.57. The summed E-state index contributed by atoms with van der Waals surface area (Å²) >= 11 is 0. The Morgan fingerprint density at radius 2 is 2.05 bits per heavy atom. The summed E-state index contributed by atoms with van der Waals surface area (Å²) in [4.78, 5) is 11.2. The van der Waals surface area contributed by atoms with Crippen LogP contribution in [-0.4, -0.2) is 11.9 Å². The average Bonchev–Trinajstić information content (AvgIpc) is 2.66. The van der Waals surface area contributed by atoms with Gasteiger partial charge < -0.3 is 11.1 Å². The minimum atomic E-state index is -0.529.